The fourth-order valence-electron chi connectivity index (χ4n) is 3.16. The topological polar surface area (TPSA) is 76.4 Å². The van der Waals surface area contributed by atoms with Gasteiger partial charge in [-0.05, 0) is 42.8 Å². The first kappa shape index (κ1) is 20.6. The molecule has 0 aliphatic heterocycles. The molecule has 30 heavy (non-hydrogen) atoms. The number of para-hydroxylation sites is 1. The van der Waals surface area contributed by atoms with Crippen molar-refractivity contribution in [1.82, 2.24) is 14.6 Å². The molecule has 0 saturated heterocycles. The van der Waals surface area contributed by atoms with Crippen LogP contribution in [0.4, 0.5) is 5.69 Å². The molecule has 1 amide bonds. The SMILES string of the molecule is CCCCCC(=O)Nc1ccc(C(=O)CSc2nnc3sc4ccccc4n23)cc1. The van der Waals surface area contributed by atoms with Gasteiger partial charge in [0.2, 0.25) is 10.9 Å². The molecule has 1 N–H and O–H groups in total. The quantitative estimate of drug-likeness (QED) is 0.214. The minimum atomic E-state index is 0.0110. The number of anilines is 1. The Hall–Kier alpha value is -2.71. The van der Waals surface area contributed by atoms with E-state index < -0.39 is 0 Å². The highest BCUT2D eigenvalue weighted by Gasteiger charge is 2.15. The first-order valence-corrected chi connectivity index (χ1v) is 11.7. The van der Waals surface area contributed by atoms with Gasteiger partial charge >= 0.3 is 0 Å². The number of benzene rings is 2. The van der Waals surface area contributed by atoms with Crippen LogP contribution in [0.3, 0.4) is 0 Å². The van der Waals surface area contributed by atoms with Gasteiger partial charge < -0.3 is 5.32 Å². The average Bonchev–Trinajstić information content (AvgIpc) is 3.32. The van der Waals surface area contributed by atoms with Crippen LogP contribution in [0.5, 0.6) is 0 Å². The van der Waals surface area contributed by atoms with Crippen LogP contribution in [-0.4, -0.2) is 32.0 Å². The number of nitrogens with zero attached hydrogens (tertiary/aromatic N) is 3. The number of carbonyl (C=O) groups excluding carboxylic acids is 2. The number of amides is 1. The second kappa shape index (κ2) is 9.40. The Balaban J connectivity index is 1.37. The van der Waals surface area contributed by atoms with Crippen molar-refractivity contribution in [2.24, 2.45) is 0 Å². The predicted molar refractivity (Wildman–Crippen MR) is 123 cm³/mol. The van der Waals surface area contributed by atoms with Crippen LogP contribution < -0.4 is 5.32 Å². The third kappa shape index (κ3) is 4.55. The van der Waals surface area contributed by atoms with E-state index in [1.54, 1.807) is 35.6 Å². The van der Waals surface area contributed by atoms with Crippen molar-refractivity contribution < 1.29 is 9.59 Å². The molecule has 4 aromatic rings. The number of unbranched alkanes of at least 4 members (excludes halogenated alkanes) is 2. The predicted octanol–water partition coefficient (Wildman–Crippen LogP) is 5.44. The molecule has 0 aliphatic rings. The molecule has 0 bridgehead atoms. The Morgan fingerprint density at radius 3 is 2.67 bits per heavy atom. The Kier molecular flexibility index (Phi) is 6.44. The Bertz CT molecular complexity index is 1180. The smallest absolute Gasteiger partial charge is 0.224 e. The maximum Gasteiger partial charge on any atom is 0.224 e. The van der Waals surface area contributed by atoms with Crippen LogP contribution in [0.2, 0.25) is 0 Å². The molecular formula is C22H22N4O2S2. The molecule has 0 radical (unpaired) electrons. The monoisotopic (exact) mass is 438 g/mol. The minimum Gasteiger partial charge on any atom is -0.326 e. The standard InChI is InChI=1S/C22H22N4O2S2/c1-2-3-4-9-20(28)23-16-12-10-15(11-13-16)18(27)14-29-21-24-25-22-26(21)17-7-5-6-8-19(17)30-22/h5-8,10-13H,2-4,9,14H2,1H3,(H,23,28). The molecule has 0 saturated carbocycles. The van der Waals surface area contributed by atoms with E-state index >= 15 is 0 Å². The third-order valence-electron chi connectivity index (χ3n) is 4.74. The summed E-state index contributed by atoms with van der Waals surface area (Å²) in [6.45, 7) is 2.11. The molecular weight excluding hydrogens is 416 g/mol. The van der Waals surface area contributed by atoms with Crippen molar-refractivity contribution in [3.63, 3.8) is 0 Å². The van der Waals surface area contributed by atoms with E-state index in [4.69, 9.17) is 0 Å². The normalized spacial score (nSPS) is 11.2. The molecule has 8 heteroatoms. The molecule has 6 nitrogen and oxygen atoms in total. The molecule has 0 fully saturated rings. The second-order valence-corrected chi connectivity index (χ2v) is 8.92. The lowest BCUT2D eigenvalue weighted by atomic mass is 10.1. The number of ketones is 1. The summed E-state index contributed by atoms with van der Waals surface area (Å²) in [6, 6.07) is 15.1. The zero-order chi connectivity index (χ0) is 20.9. The van der Waals surface area contributed by atoms with E-state index in [1.165, 1.54) is 11.8 Å². The molecule has 2 aromatic carbocycles. The van der Waals surface area contributed by atoms with Gasteiger partial charge in [0, 0.05) is 17.7 Å². The summed E-state index contributed by atoms with van der Waals surface area (Å²) in [5, 5.41) is 12.1. The highest BCUT2D eigenvalue weighted by molar-refractivity contribution is 7.99. The Morgan fingerprint density at radius 1 is 1.07 bits per heavy atom. The first-order chi connectivity index (χ1) is 14.7. The molecule has 0 spiro atoms. The van der Waals surface area contributed by atoms with Crippen molar-refractivity contribution in [1.29, 1.82) is 0 Å². The summed E-state index contributed by atoms with van der Waals surface area (Å²) in [5.41, 5.74) is 2.38. The molecule has 4 rings (SSSR count). The lowest BCUT2D eigenvalue weighted by Crippen LogP contribution is -2.11. The van der Waals surface area contributed by atoms with E-state index in [2.05, 4.69) is 28.5 Å². The number of nitrogens with one attached hydrogen (secondary N) is 1. The molecule has 2 heterocycles. The summed E-state index contributed by atoms with van der Waals surface area (Å²) in [7, 11) is 0. The lowest BCUT2D eigenvalue weighted by Gasteiger charge is -2.06. The largest absolute Gasteiger partial charge is 0.326 e. The number of aromatic nitrogens is 3. The van der Waals surface area contributed by atoms with Gasteiger partial charge in [-0.3, -0.25) is 14.0 Å². The van der Waals surface area contributed by atoms with Gasteiger partial charge in [0.15, 0.2) is 10.9 Å². The number of carbonyl (C=O) groups is 2. The lowest BCUT2D eigenvalue weighted by molar-refractivity contribution is -0.116. The van der Waals surface area contributed by atoms with Crippen molar-refractivity contribution in [2.75, 3.05) is 11.1 Å². The van der Waals surface area contributed by atoms with Crippen LogP contribution in [0.25, 0.3) is 15.2 Å². The summed E-state index contributed by atoms with van der Waals surface area (Å²) < 4.78 is 3.14. The molecule has 0 atom stereocenters. The first-order valence-electron chi connectivity index (χ1n) is 9.94. The highest BCUT2D eigenvalue weighted by atomic mass is 32.2. The van der Waals surface area contributed by atoms with E-state index in [0.717, 1.165) is 34.4 Å². The molecule has 2 aromatic heterocycles. The number of Topliss-reactive ketones (excluding diaryl/α,β-unsaturated/α-hetero) is 1. The average molecular weight is 439 g/mol. The summed E-state index contributed by atoms with van der Waals surface area (Å²) in [5.74, 6) is 0.294. The fraction of sp³-hybridized carbons (Fsp3) is 0.273. The minimum absolute atomic E-state index is 0.0110. The van der Waals surface area contributed by atoms with Gasteiger partial charge in [-0.1, -0.05) is 55.0 Å². The maximum atomic E-state index is 12.6. The van der Waals surface area contributed by atoms with Crippen LogP contribution in [0.1, 0.15) is 43.0 Å². The second-order valence-electron chi connectivity index (χ2n) is 6.96. The van der Waals surface area contributed by atoms with Gasteiger partial charge in [0.05, 0.1) is 16.0 Å². The number of hydrogen-bond donors (Lipinski definition) is 1. The van der Waals surface area contributed by atoms with Crippen LogP contribution in [0, 0.1) is 0 Å². The fourth-order valence-corrected chi connectivity index (χ4v) is 5.02. The number of fused-ring (bicyclic) bond motifs is 3. The van der Waals surface area contributed by atoms with Crippen molar-refractivity contribution in [3.05, 3.63) is 54.1 Å². The van der Waals surface area contributed by atoms with Crippen LogP contribution >= 0.6 is 23.1 Å². The summed E-state index contributed by atoms with van der Waals surface area (Å²) in [4.78, 5) is 25.4. The van der Waals surface area contributed by atoms with Crippen LogP contribution in [-0.2, 0) is 4.79 Å². The van der Waals surface area contributed by atoms with Gasteiger partial charge in [-0.2, -0.15) is 0 Å². The summed E-state index contributed by atoms with van der Waals surface area (Å²) in [6.07, 6.45) is 3.56. The van der Waals surface area contributed by atoms with Gasteiger partial charge in [-0.15, -0.1) is 10.2 Å². The maximum absolute atomic E-state index is 12.6. The highest BCUT2D eigenvalue weighted by Crippen LogP contribution is 2.29. The number of thioether (sulfide) groups is 1. The van der Waals surface area contributed by atoms with Crippen molar-refractivity contribution in [2.45, 2.75) is 37.8 Å². The van der Waals surface area contributed by atoms with E-state index in [9.17, 15) is 9.59 Å². The van der Waals surface area contributed by atoms with Gasteiger partial charge in [0.25, 0.3) is 0 Å². The number of rotatable bonds is 9. The van der Waals surface area contributed by atoms with Gasteiger partial charge in [0.1, 0.15) is 0 Å². The number of hydrogen-bond acceptors (Lipinski definition) is 6. The molecule has 154 valence electrons. The van der Waals surface area contributed by atoms with Crippen molar-refractivity contribution >= 4 is 55.7 Å². The van der Waals surface area contributed by atoms with E-state index in [0.29, 0.717) is 22.8 Å². The molecule has 0 aliphatic carbocycles. The third-order valence-corrected chi connectivity index (χ3v) is 6.68. The number of thiazole rings is 1. The Labute approximate surface area is 182 Å². The zero-order valence-corrected chi connectivity index (χ0v) is 18.3. The van der Waals surface area contributed by atoms with E-state index in [-0.39, 0.29) is 17.4 Å². The Morgan fingerprint density at radius 2 is 1.87 bits per heavy atom. The molecule has 0 unspecified atom stereocenters. The van der Waals surface area contributed by atoms with Gasteiger partial charge in [-0.25, -0.2) is 0 Å². The summed E-state index contributed by atoms with van der Waals surface area (Å²) >= 11 is 2.96. The van der Waals surface area contributed by atoms with E-state index in [1.807, 2.05) is 22.6 Å². The zero-order valence-electron chi connectivity index (χ0n) is 16.6. The van der Waals surface area contributed by atoms with Crippen molar-refractivity contribution in [3.8, 4) is 0 Å². The van der Waals surface area contributed by atoms with Crippen LogP contribution in [0.15, 0.2) is 53.7 Å².